The third-order valence-electron chi connectivity index (χ3n) is 8.17. The molecule has 5 heterocycles. The minimum atomic E-state index is -0.657. The topological polar surface area (TPSA) is 168 Å². The predicted octanol–water partition coefficient (Wildman–Crippen LogP) is 2.12. The van der Waals surface area contributed by atoms with Crippen LogP contribution in [0.2, 0.25) is 0 Å². The summed E-state index contributed by atoms with van der Waals surface area (Å²) < 4.78 is 6.48. The zero-order chi connectivity index (χ0) is 29.1. The number of fused-ring (bicyclic) bond motifs is 1. The Hall–Kier alpha value is -3.59. The molecule has 0 unspecified atom stereocenters. The number of aliphatic imine (C=N–C) groups is 2. The molecule has 2 saturated heterocycles. The van der Waals surface area contributed by atoms with Crippen LogP contribution in [0.3, 0.4) is 0 Å². The molecule has 2 amide bonds. The SMILES string of the molecule is N=C1CC=C(c2nc(N3CCOCC3)c3sc(C(=O)NCC4CCN(C5N=CC(C(=O)NO)C=N5)CC4)cc3n2)CC1. The van der Waals surface area contributed by atoms with Crippen LogP contribution in [-0.2, 0) is 9.53 Å². The van der Waals surface area contributed by atoms with Crippen LogP contribution in [0.4, 0.5) is 5.82 Å². The summed E-state index contributed by atoms with van der Waals surface area (Å²) in [6, 6.07) is 1.88. The molecule has 222 valence electrons. The van der Waals surface area contributed by atoms with E-state index in [0.29, 0.717) is 42.8 Å². The third kappa shape index (κ3) is 6.26. The van der Waals surface area contributed by atoms with Gasteiger partial charge in [-0.15, -0.1) is 11.3 Å². The van der Waals surface area contributed by atoms with Gasteiger partial charge in [-0.1, -0.05) is 6.08 Å². The molecule has 2 aromatic heterocycles. The molecule has 0 saturated carbocycles. The Morgan fingerprint density at radius 1 is 1.10 bits per heavy atom. The summed E-state index contributed by atoms with van der Waals surface area (Å²) in [6.07, 6.45) is 8.63. The number of piperidine rings is 1. The van der Waals surface area contributed by atoms with Crippen molar-refractivity contribution in [2.75, 3.05) is 50.8 Å². The maximum absolute atomic E-state index is 13.3. The minimum absolute atomic E-state index is 0.102. The van der Waals surface area contributed by atoms with Crippen LogP contribution in [0.5, 0.6) is 0 Å². The first-order valence-corrected chi connectivity index (χ1v) is 15.2. The number of rotatable bonds is 7. The van der Waals surface area contributed by atoms with Gasteiger partial charge in [0.15, 0.2) is 17.9 Å². The largest absolute Gasteiger partial charge is 0.378 e. The summed E-state index contributed by atoms with van der Waals surface area (Å²) in [4.78, 5) is 48.4. The van der Waals surface area contributed by atoms with Crippen molar-refractivity contribution in [2.45, 2.75) is 38.4 Å². The van der Waals surface area contributed by atoms with Gasteiger partial charge in [-0.05, 0) is 43.2 Å². The van der Waals surface area contributed by atoms with Gasteiger partial charge in [0.05, 0.1) is 28.3 Å². The van der Waals surface area contributed by atoms with E-state index in [1.54, 1.807) is 5.48 Å². The number of anilines is 1. The number of likely N-dealkylation sites (tertiary alicyclic amines) is 1. The van der Waals surface area contributed by atoms with Crippen LogP contribution < -0.4 is 15.7 Å². The molecular weight excluding hydrogens is 558 g/mol. The lowest BCUT2D eigenvalue weighted by molar-refractivity contribution is -0.129. The van der Waals surface area contributed by atoms with E-state index in [2.05, 4.69) is 31.2 Å². The first kappa shape index (κ1) is 28.5. The number of hydrogen-bond acceptors (Lipinski definition) is 12. The van der Waals surface area contributed by atoms with Gasteiger partial charge in [0.25, 0.3) is 11.8 Å². The minimum Gasteiger partial charge on any atom is -0.378 e. The van der Waals surface area contributed by atoms with E-state index in [9.17, 15) is 9.59 Å². The Labute approximate surface area is 247 Å². The Balaban J connectivity index is 1.10. The highest BCUT2D eigenvalue weighted by molar-refractivity contribution is 7.21. The number of morpholine rings is 1. The van der Waals surface area contributed by atoms with Crippen LogP contribution in [0.25, 0.3) is 15.8 Å². The lowest BCUT2D eigenvalue weighted by Gasteiger charge is -2.34. The molecule has 0 atom stereocenters. The van der Waals surface area contributed by atoms with Crippen LogP contribution in [0.15, 0.2) is 22.1 Å². The highest BCUT2D eigenvalue weighted by Crippen LogP contribution is 2.35. The summed E-state index contributed by atoms with van der Waals surface area (Å²) in [6.45, 7) is 4.92. The second-order valence-corrected chi connectivity index (χ2v) is 12.0. The fraction of sp³-hybridized carbons (Fsp3) is 0.536. The van der Waals surface area contributed by atoms with Crippen molar-refractivity contribution in [3.8, 4) is 0 Å². The van der Waals surface area contributed by atoms with E-state index in [1.807, 2.05) is 6.07 Å². The molecule has 2 aromatic rings. The number of allylic oxidation sites excluding steroid dienone is 2. The maximum Gasteiger partial charge on any atom is 0.261 e. The quantitative estimate of drug-likeness (QED) is 0.280. The molecule has 13 nitrogen and oxygen atoms in total. The first-order chi connectivity index (χ1) is 20.5. The molecule has 2 fully saturated rings. The van der Waals surface area contributed by atoms with Crippen molar-refractivity contribution >= 4 is 62.9 Å². The molecule has 0 aromatic carbocycles. The Kier molecular flexibility index (Phi) is 8.65. The van der Waals surface area contributed by atoms with Crippen LogP contribution >= 0.6 is 11.3 Å². The Bertz CT molecular complexity index is 1430. The fourth-order valence-corrected chi connectivity index (χ4v) is 6.66. The zero-order valence-electron chi connectivity index (χ0n) is 23.3. The molecule has 1 aliphatic carbocycles. The normalized spacial score (nSPS) is 23.7. The van der Waals surface area contributed by atoms with Crippen LogP contribution in [-0.4, -0.2) is 102 Å². The number of hydrogen-bond donors (Lipinski definition) is 4. The fourth-order valence-electron chi connectivity index (χ4n) is 5.63. The lowest BCUT2D eigenvalue weighted by Crippen LogP contribution is -2.44. The molecule has 4 N–H and O–H groups in total. The number of ether oxygens (including phenoxy) is 1. The molecule has 6 rings (SSSR count). The van der Waals surface area contributed by atoms with Crippen molar-refractivity contribution < 1.29 is 19.5 Å². The van der Waals surface area contributed by atoms with E-state index in [4.69, 9.17) is 25.3 Å². The van der Waals surface area contributed by atoms with Gasteiger partial charge < -0.3 is 20.4 Å². The maximum atomic E-state index is 13.3. The van der Waals surface area contributed by atoms with Gasteiger partial charge in [-0.2, -0.15) is 0 Å². The molecule has 0 spiro atoms. The second-order valence-electron chi connectivity index (χ2n) is 11.0. The van der Waals surface area contributed by atoms with Gasteiger partial charge in [-0.3, -0.25) is 29.7 Å². The number of nitrogens with zero attached hydrogens (tertiary/aromatic N) is 6. The molecule has 14 heteroatoms. The number of thiophene rings is 1. The van der Waals surface area contributed by atoms with Gasteiger partial charge in [-0.25, -0.2) is 15.4 Å². The average Bonchev–Trinajstić information content (AvgIpc) is 3.48. The van der Waals surface area contributed by atoms with Crippen molar-refractivity contribution in [3.05, 3.63) is 22.8 Å². The first-order valence-electron chi connectivity index (χ1n) is 14.4. The van der Waals surface area contributed by atoms with Gasteiger partial charge in [0, 0.05) is 57.3 Å². The van der Waals surface area contributed by atoms with E-state index in [-0.39, 0.29) is 12.2 Å². The number of nitrogens with one attached hydrogen (secondary N) is 3. The standard InChI is InChI=1S/C28H35N9O4S/c29-20-3-1-18(2-4-20)24-33-21-13-22(42-23(21)25(34-24)36-9-11-41-12-10-36)27(39)30-14-17-5-7-37(8-6-17)28-31-15-19(16-32-28)26(38)35-40/h1,13,15-17,19,28-29,40H,2-12,14H2,(H,30,39)(H,35,38). The van der Waals surface area contributed by atoms with Gasteiger partial charge in [0.2, 0.25) is 0 Å². The summed E-state index contributed by atoms with van der Waals surface area (Å²) in [5.74, 6) is 0.573. The molecule has 42 heavy (non-hydrogen) atoms. The highest BCUT2D eigenvalue weighted by atomic mass is 32.1. The number of carbonyl (C=O) groups excluding carboxylic acids is 2. The summed E-state index contributed by atoms with van der Waals surface area (Å²) in [5, 5.41) is 19.9. The highest BCUT2D eigenvalue weighted by Gasteiger charge is 2.28. The average molecular weight is 594 g/mol. The second kappa shape index (κ2) is 12.7. The van der Waals surface area contributed by atoms with E-state index in [0.717, 1.165) is 79.2 Å². The Morgan fingerprint density at radius 3 is 2.55 bits per heavy atom. The van der Waals surface area contributed by atoms with Crippen molar-refractivity contribution in [1.29, 1.82) is 5.41 Å². The smallest absolute Gasteiger partial charge is 0.261 e. The Morgan fingerprint density at radius 2 is 1.86 bits per heavy atom. The molecule has 3 aliphatic heterocycles. The van der Waals surface area contributed by atoms with E-state index >= 15 is 0 Å². The van der Waals surface area contributed by atoms with E-state index in [1.165, 1.54) is 23.8 Å². The zero-order valence-corrected chi connectivity index (χ0v) is 24.1. The number of hydroxylamine groups is 1. The molecule has 0 radical (unpaired) electrons. The van der Waals surface area contributed by atoms with Crippen molar-refractivity contribution in [1.82, 2.24) is 25.7 Å². The van der Waals surface area contributed by atoms with Crippen molar-refractivity contribution in [3.63, 3.8) is 0 Å². The number of aromatic nitrogens is 2. The summed E-state index contributed by atoms with van der Waals surface area (Å²) in [7, 11) is 0. The lowest BCUT2D eigenvalue weighted by atomic mass is 9.97. The van der Waals surface area contributed by atoms with E-state index < -0.39 is 11.8 Å². The number of amides is 2. The number of carbonyl (C=O) groups is 2. The van der Waals surface area contributed by atoms with Gasteiger partial charge in [0.1, 0.15) is 5.92 Å². The summed E-state index contributed by atoms with van der Waals surface area (Å²) in [5.41, 5.74) is 4.19. The monoisotopic (exact) mass is 593 g/mol. The molecule has 0 bridgehead atoms. The van der Waals surface area contributed by atoms with Crippen LogP contribution in [0.1, 0.15) is 47.6 Å². The van der Waals surface area contributed by atoms with Gasteiger partial charge >= 0.3 is 0 Å². The molecule has 4 aliphatic rings. The van der Waals surface area contributed by atoms with Crippen LogP contribution in [0, 0.1) is 17.2 Å². The predicted molar refractivity (Wildman–Crippen MR) is 161 cm³/mol. The van der Waals surface area contributed by atoms with Crippen molar-refractivity contribution in [2.24, 2.45) is 21.8 Å². The molecular formula is C28H35N9O4S. The third-order valence-corrected chi connectivity index (χ3v) is 9.29. The summed E-state index contributed by atoms with van der Waals surface area (Å²) >= 11 is 1.43.